The van der Waals surface area contributed by atoms with E-state index in [2.05, 4.69) is 5.32 Å². The molecule has 2 atom stereocenters. The molecular weight excluding hydrogens is 221 g/mol. The molecule has 1 rings (SSSR count). The number of aliphatic hydroxyl groups is 1. The van der Waals surface area contributed by atoms with E-state index in [4.69, 9.17) is 9.84 Å². The van der Waals surface area contributed by atoms with Crippen molar-refractivity contribution < 1.29 is 14.2 Å². The molecule has 96 valence electrons. The molecule has 0 spiro atoms. The van der Waals surface area contributed by atoms with Gasteiger partial charge in [-0.25, -0.2) is 4.39 Å². The number of ether oxygens (including phenoxy) is 1. The predicted octanol–water partition coefficient (Wildman–Crippen LogP) is 1.94. The summed E-state index contributed by atoms with van der Waals surface area (Å²) in [5.41, 5.74) is 0.600. The molecule has 0 aliphatic heterocycles. The molecule has 4 heteroatoms. The first-order valence-corrected chi connectivity index (χ1v) is 5.75. The van der Waals surface area contributed by atoms with E-state index in [0.29, 0.717) is 17.9 Å². The van der Waals surface area contributed by atoms with Gasteiger partial charge in [0.15, 0.2) is 0 Å². The number of methoxy groups -OCH3 is 1. The van der Waals surface area contributed by atoms with E-state index in [1.54, 1.807) is 12.1 Å². The van der Waals surface area contributed by atoms with Crippen molar-refractivity contribution in [3.8, 4) is 5.75 Å². The van der Waals surface area contributed by atoms with E-state index in [9.17, 15) is 4.39 Å². The highest BCUT2D eigenvalue weighted by molar-refractivity contribution is 5.28. The summed E-state index contributed by atoms with van der Waals surface area (Å²) in [4.78, 5) is 0. The zero-order valence-corrected chi connectivity index (χ0v) is 10.5. The summed E-state index contributed by atoms with van der Waals surface area (Å²) in [6.07, 6.45) is 0. The smallest absolute Gasteiger partial charge is 0.131 e. The van der Waals surface area contributed by atoms with E-state index >= 15 is 0 Å². The number of aliphatic hydroxyl groups excluding tert-OH is 1. The average molecular weight is 241 g/mol. The summed E-state index contributed by atoms with van der Waals surface area (Å²) in [5, 5.41) is 12.2. The molecule has 0 aliphatic rings. The maximum absolute atomic E-state index is 13.6. The van der Waals surface area contributed by atoms with Crippen LogP contribution < -0.4 is 10.1 Å². The van der Waals surface area contributed by atoms with Gasteiger partial charge in [0.1, 0.15) is 11.6 Å². The zero-order valence-electron chi connectivity index (χ0n) is 10.5. The van der Waals surface area contributed by atoms with Crippen LogP contribution in [-0.4, -0.2) is 24.9 Å². The number of nitrogens with one attached hydrogen (secondary N) is 1. The van der Waals surface area contributed by atoms with Crippen molar-refractivity contribution in [1.29, 1.82) is 0 Å². The molecule has 0 heterocycles. The molecule has 0 amide bonds. The average Bonchev–Trinajstić information content (AvgIpc) is 2.35. The van der Waals surface area contributed by atoms with Crippen LogP contribution in [0.2, 0.25) is 0 Å². The second-order valence-corrected chi connectivity index (χ2v) is 4.29. The molecule has 0 fully saturated rings. The van der Waals surface area contributed by atoms with E-state index in [-0.39, 0.29) is 24.4 Å². The second-order valence-electron chi connectivity index (χ2n) is 4.29. The highest BCUT2D eigenvalue weighted by atomic mass is 19.1. The van der Waals surface area contributed by atoms with Gasteiger partial charge in [0.2, 0.25) is 0 Å². The van der Waals surface area contributed by atoms with E-state index in [1.807, 2.05) is 13.8 Å². The molecule has 0 bridgehead atoms. The van der Waals surface area contributed by atoms with Crippen molar-refractivity contribution in [3.05, 3.63) is 29.6 Å². The Morgan fingerprint density at radius 2 is 2.12 bits per heavy atom. The van der Waals surface area contributed by atoms with Crippen LogP contribution in [0, 0.1) is 11.7 Å². The molecular formula is C13H20FNO2. The van der Waals surface area contributed by atoms with Crippen LogP contribution in [0.5, 0.6) is 5.75 Å². The Bertz CT molecular complexity index is 357. The van der Waals surface area contributed by atoms with Gasteiger partial charge in [-0.1, -0.05) is 13.0 Å². The van der Waals surface area contributed by atoms with Crippen molar-refractivity contribution in [2.45, 2.75) is 26.4 Å². The SMILES string of the molecule is COc1ccc(CNC(C)C(C)CO)c(F)c1. The van der Waals surface area contributed by atoms with Gasteiger partial charge >= 0.3 is 0 Å². The topological polar surface area (TPSA) is 41.5 Å². The van der Waals surface area contributed by atoms with Crippen LogP contribution >= 0.6 is 0 Å². The van der Waals surface area contributed by atoms with Gasteiger partial charge in [-0.15, -0.1) is 0 Å². The normalized spacial score (nSPS) is 14.4. The van der Waals surface area contributed by atoms with Gasteiger partial charge in [0.05, 0.1) is 7.11 Å². The van der Waals surface area contributed by atoms with Gasteiger partial charge in [-0.05, 0) is 18.9 Å². The van der Waals surface area contributed by atoms with Crippen molar-refractivity contribution in [2.75, 3.05) is 13.7 Å². The number of halogens is 1. The summed E-state index contributed by atoms with van der Waals surface area (Å²) in [6.45, 7) is 4.49. The van der Waals surface area contributed by atoms with Crippen LogP contribution in [0.3, 0.4) is 0 Å². The molecule has 0 aromatic heterocycles. The minimum atomic E-state index is -0.277. The summed E-state index contributed by atoms with van der Waals surface area (Å²) in [7, 11) is 1.51. The standard InChI is InChI=1S/C13H20FNO2/c1-9(8-16)10(2)15-7-11-4-5-12(17-3)6-13(11)14/h4-6,9-10,15-16H,7-8H2,1-3H3. The number of benzene rings is 1. The Kier molecular flexibility index (Phi) is 5.38. The predicted molar refractivity (Wildman–Crippen MR) is 65.5 cm³/mol. The maximum atomic E-state index is 13.6. The van der Waals surface area contributed by atoms with Gasteiger partial charge in [0.25, 0.3) is 0 Å². The number of hydrogen-bond acceptors (Lipinski definition) is 3. The Labute approximate surface area is 102 Å². The quantitative estimate of drug-likeness (QED) is 0.799. The maximum Gasteiger partial charge on any atom is 0.131 e. The molecule has 1 aromatic rings. The molecule has 2 unspecified atom stereocenters. The Hall–Kier alpha value is -1.13. The molecule has 2 N–H and O–H groups in total. The monoisotopic (exact) mass is 241 g/mol. The lowest BCUT2D eigenvalue weighted by Crippen LogP contribution is -2.33. The zero-order chi connectivity index (χ0) is 12.8. The number of hydrogen-bond donors (Lipinski definition) is 2. The van der Waals surface area contributed by atoms with Gasteiger partial charge in [-0.2, -0.15) is 0 Å². The summed E-state index contributed by atoms with van der Waals surface area (Å²) < 4.78 is 18.5. The van der Waals surface area contributed by atoms with Crippen molar-refractivity contribution in [1.82, 2.24) is 5.32 Å². The Balaban J connectivity index is 2.57. The van der Waals surface area contributed by atoms with Crippen molar-refractivity contribution in [2.24, 2.45) is 5.92 Å². The van der Waals surface area contributed by atoms with Crippen molar-refractivity contribution in [3.63, 3.8) is 0 Å². The molecule has 0 radical (unpaired) electrons. The third-order valence-electron chi connectivity index (χ3n) is 3.02. The lowest BCUT2D eigenvalue weighted by atomic mass is 10.0. The molecule has 1 aromatic carbocycles. The largest absolute Gasteiger partial charge is 0.497 e. The lowest BCUT2D eigenvalue weighted by Gasteiger charge is -2.19. The van der Waals surface area contributed by atoms with Gasteiger partial charge < -0.3 is 15.2 Å². The van der Waals surface area contributed by atoms with E-state index in [0.717, 1.165) is 0 Å². The molecule has 0 saturated heterocycles. The van der Waals surface area contributed by atoms with E-state index < -0.39 is 0 Å². The summed E-state index contributed by atoms with van der Waals surface area (Å²) >= 11 is 0. The summed E-state index contributed by atoms with van der Waals surface area (Å²) in [6, 6.07) is 4.95. The fourth-order valence-corrected chi connectivity index (χ4v) is 1.43. The van der Waals surface area contributed by atoms with Crippen molar-refractivity contribution >= 4 is 0 Å². The minimum Gasteiger partial charge on any atom is -0.497 e. The van der Waals surface area contributed by atoms with Crippen LogP contribution in [0.4, 0.5) is 4.39 Å². The molecule has 0 saturated carbocycles. The van der Waals surface area contributed by atoms with Gasteiger partial charge in [0, 0.05) is 30.8 Å². The molecule has 17 heavy (non-hydrogen) atoms. The number of rotatable bonds is 6. The Morgan fingerprint density at radius 3 is 2.65 bits per heavy atom. The third kappa shape index (κ3) is 3.98. The highest BCUT2D eigenvalue weighted by Gasteiger charge is 2.11. The fourth-order valence-electron chi connectivity index (χ4n) is 1.43. The molecule has 0 aliphatic carbocycles. The fraction of sp³-hybridized carbons (Fsp3) is 0.538. The van der Waals surface area contributed by atoms with Gasteiger partial charge in [-0.3, -0.25) is 0 Å². The highest BCUT2D eigenvalue weighted by Crippen LogP contribution is 2.16. The molecule has 3 nitrogen and oxygen atoms in total. The Morgan fingerprint density at radius 1 is 1.41 bits per heavy atom. The third-order valence-corrected chi connectivity index (χ3v) is 3.02. The first-order valence-electron chi connectivity index (χ1n) is 5.75. The first kappa shape index (κ1) is 13.9. The van der Waals surface area contributed by atoms with E-state index in [1.165, 1.54) is 13.2 Å². The second kappa shape index (κ2) is 6.57. The summed E-state index contributed by atoms with van der Waals surface area (Å²) in [5.74, 6) is 0.389. The minimum absolute atomic E-state index is 0.124. The first-order chi connectivity index (χ1) is 8.08. The van der Waals surface area contributed by atoms with Crippen LogP contribution in [0.25, 0.3) is 0 Å². The van der Waals surface area contributed by atoms with Crippen LogP contribution in [0.1, 0.15) is 19.4 Å². The van der Waals surface area contributed by atoms with Crippen LogP contribution in [0.15, 0.2) is 18.2 Å². The van der Waals surface area contributed by atoms with Crippen LogP contribution in [-0.2, 0) is 6.54 Å². The lowest BCUT2D eigenvalue weighted by molar-refractivity contribution is 0.206.